The van der Waals surface area contributed by atoms with Crippen LogP contribution in [0.3, 0.4) is 0 Å². The van der Waals surface area contributed by atoms with Crippen molar-refractivity contribution in [3.63, 3.8) is 0 Å². The van der Waals surface area contributed by atoms with E-state index in [-0.39, 0.29) is 0 Å². The van der Waals surface area contributed by atoms with Crippen LogP contribution in [0.15, 0.2) is 30.3 Å². The van der Waals surface area contributed by atoms with Gasteiger partial charge in [0.25, 0.3) is 0 Å². The molecule has 0 unspecified atom stereocenters. The molecule has 0 fully saturated rings. The van der Waals surface area contributed by atoms with Crippen LogP contribution in [0.4, 0.5) is 0 Å². The fourth-order valence-corrected chi connectivity index (χ4v) is 2.58. The predicted octanol–water partition coefficient (Wildman–Crippen LogP) is 3.28. The summed E-state index contributed by atoms with van der Waals surface area (Å²) in [6, 6.07) is 8.11. The monoisotopic (exact) mass is 345 g/mol. The van der Waals surface area contributed by atoms with Crippen molar-refractivity contribution in [2.45, 2.75) is 20.3 Å². The van der Waals surface area contributed by atoms with E-state index in [4.69, 9.17) is 44.9 Å². The molecule has 2 aromatic rings. The van der Waals surface area contributed by atoms with Gasteiger partial charge in [-0.25, -0.2) is 4.98 Å². The second-order valence-electron chi connectivity index (χ2n) is 4.27. The van der Waals surface area contributed by atoms with Gasteiger partial charge in [-0.05, 0) is 42.6 Å². The molecule has 0 saturated carbocycles. The van der Waals surface area contributed by atoms with Gasteiger partial charge in [0.05, 0.1) is 0 Å². The molecule has 2 rings (SSSR count). The molecule has 112 valence electrons. The molecule has 7 heteroatoms. The Morgan fingerprint density at radius 3 is 2.24 bits per heavy atom. The number of aryl methyl sites for hydroxylation is 1. The van der Waals surface area contributed by atoms with E-state index in [1.54, 1.807) is 24.3 Å². The second-order valence-corrected chi connectivity index (χ2v) is 5.50. The molecule has 0 aliphatic carbocycles. The molecule has 0 aliphatic heterocycles. The maximum Gasteiger partial charge on any atom is 0.488 e. The Morgan fingerprint density at radius 2 is 1.81 bits per heavy atom. The molecular weight excluding hydrogens is 331 g/mol. The Morgan fingerprint density at radius 1 is 1.14 bits per heavy atom. The first-order valence-corrected chi connectivity index (χ1v) is 7.41. The van der Waals surface area contributed by atoms with Crippen LogP contribution >= 0.6 is 34.8 Å². The highest BCUT2D eigenvalue weighted by atomic mass is 35.5. The summed E-state index contributed by atoms with van der Waals surface area (Å²) >= 11 is 17.2. The first-order chi connectivity index (χ1) is 9.85. The van der Waals surface area contributed by atoms with Crippen molar-refractivity contribution in [2.75, 3.05) is 0 Å². The summed E-state index contributed by atoms with van der Waals surface area (Å²) in [5, 5.41) is 19.0. The Kier molecular flexibility index (Phi) is 7.50. The van der Waals surface area contributed by atoms with Crippen molar-refractivity contribution in [3.8, 4) is 0 Å². The fourth-order valence-electron chi connectivity index (χ4n) is 1.72. The third-order valence-corrected chi connectivity index (χ3v) is 3.51. The van der Waals surface area contributed by atoms with Crippen LogP contribution in [0.1, 0.15) is 18.2 Å². The standard InChI is InChI=1S/C8H9Cl2N.C6H6BClO2/c1-3-6-5(2)11-8(10)4-7(6)9;8-6-3-1-2-5(4-6)7(9)10/h4H,3H2,1-2H3;1-4,9-10H. The molecular formula is C14H15BCl3NO2. The summed E-state index contributed by atoms with van der Waals surface area (Å²) in [5.41, 5.74) is 2.41. The van der Waals surface area contributed by atoms with Crippen LogP contribution < -0.4 is 5.46 Å². The summed E-state index contributed by atoms with van der Waals surface area (Å²) in [4.78, 5) is 4.09. The van der Waals surface area contributed by atoms with E-state index in [0.717, 1.165) is 17.7 Å². The zero-order chi connectivity index (χ0) is 16.0. The molecule has 21 heavy (non-hydrogen) atoms. The van der Waals surface area contributed by atoms with E-state index in [1.165, 1.54) is 6.07 Å². The van der Waals surface area contributed by atoms with E-state index in [0.29, 0.717) is 20.7 Å². The van der Waals surface area contributed by atoms with Gasteiger partial charge in [-0.3, -0.25) is 0 Å². The fraction of sp³-hybridized carbons (Fsp3) is 0.214. The summed E-state index contributed by atoms with van der Waals surface area (Å²) in [7, 11) is -1.43. The van der Waals surface area contributed by atoms with Crippen molar-refractivity contribution in [1.82, 2.24) is 4.98 Å². The van der Waals surface area contributed by atoms with Crippen molar-refractivity contribution in [3.05, 3.63) is 56.8 Å². The van der Waals surface area contributed by atoms with Crippen molar-refractivity contribution in [2.24, 2.45) is 0 Å². The highest BCUT2D eigenvalue weighted by molar-refractivity contribution is 6.59. The van der Waals surface area contributed by atoms with Gasteiger partial charge in [0.15, 0.2) is 0 Å². The minimum Gasteiger partial charge on any atom is -0.423 e. The molecule has 3 nitrogen and oxygen atoms in total. The molecule has 1 aromatic heterocycles. The van der Waals surface area contributed by atoms with Crippen LogP contribution in [0.5, 0.6) is 0 Å². The number of hydrogen-bond donors (Lipinski definition) is 2. The molecule has 0 atom stereocenters. The molecule has 1 heterocycles. The summed E-state index contributed by atoms with van der Waals surface area (Å²) < 4.78 is 0. The molecule has 2 N–H and O–H groups in total. The minimum absolute atomic E-state index is 0.410. The zero-order valence-electron chi connectivity index (χ0n) is 11.6. The van der Waals surface area contributed by atoms with Crippen LogP contribution in [0.2, 0.25) is 15.2 Å². The molecule has 0 saturated heterocycles. The lowest BCUT2D eigenvalue weighted by molar-refractivity contribution is 0.426. The smallest absolute Gasteiger partial charge is 0.423 e. The van der Waals surface area contributed by atoms with Gasteiger partial charge >= 0.3 is 7.12 Å². The molecule has 0 amide bonds. The Balaban J connectivity index is 0.000000211. The largest absolute Gasteiger partial charge is 0.488 e. The van der Waals surface area contributed by atoms with E-state index in [1.807, 2.05) is 13.8 Å². The summed E-state index contributed by atoms with van der Waals surface area (Å²) in [5.74, 6) is 0. The zero-order valence-corrected chi connectivity index (χ0v) is 13.9. The molecule has 0 aliphatic rings. The first-order valence-electron chi connectivity index (χ1n) is 6.28. The van der Waals surface area contributed by atoms with Crippen LogP contribution in [-0.4, -0.2) is 22.2 Å². The average molecular weight is 346 g/mol. The van der Waals surface area contributed by atoms with Crippen LogP contribution in [0.25, 0.3) is 0 Å². The maximum atomic E-state index is 8.65. The Hall–Kier alpha value is -0.775. The highest BCUT2D eigenvalue weighted by Crippen LogP contribution is 2.22. The number of benzene rings is 1. The van der Waals surface area contributed by atoms with Crippen LogP contribution in [0, 0.1) is 6.92 Å². The number of aromatic nitrogens is 1. The topological polar surface area (TPSA) is 53.4 Å². The molecule has 0 radical (unpaired) electrons. The third kappa shape index (κ3) is 5.85. The Bertz CT molecular complexity index is 586. The van der Waals surface area contributed by atoms with E-state index in [2.05, 4.69) is 4.98 Å². The number of halogens is 3. The quantitative estimate of drug-likeness (QED) is 0.648. The average Bonchev–Trinajstić information content (AvgIpc) is 2.38. The minimum atomic E-state index is -1.43. The lowest BCUT2D eigenvalue weighted by atomic mass is 9.81. The van der Waals surface area contributed by atoms with Gasteiger partial charge in [-0.2, -0.15) is 0 Å². The SMILES string of the molecule is CCc1c(Cl)cc(Cl)nc1C.OB(O)c1cccc(Cl)c1. The lowest BCUT2D eigenvalue weighted by Gasteiger charge is -2.04. The number of hydrogen-bond acceptors (Lipinski definition) is 3. The van der Waals surface area contributed by atoms with E-state index >= 15 is 0 Å². The van der Waals surface area contributed by atoms with E-state index < -0.39 is 7.12 Å². The van der Waals surface area contributed by atoms with Crippen molar-refractivity contribution < 1.29 is 10.0 Å². The number of pyridine rings is 1. The van der Waals surface area contributed by atoms with Gasteiger partial charge in [0.2, 0.25) is 0 Å². The van der Waals surface area contributed by atoms with Gasteiger partial charge in [0, 0.05) is 15.7 Å². The Labute approximate surface area is 139 Å². The second kappa shape index (κ2) is 8.62. The number of rotatable bonds is 2. The third-order valence-electron chi connectivity index (χ3n) is 2.75. The molecule has 0 spiro atoms. The van der Waals surface area contributed by atoms with Gasteiger partial charge in [-0.15, -0.1) is 0 Å². The number of nitrogens with zero attached hydrogens (tertiary/aromatic N) is 1. The molecule has 1 aromatic carbocycles. The van der Waals surface area contributed by atoms with Gasteiger partial charge in [-0.1, -0.05) is 53.9 Å². The van der Waals surface area contributed by atoms with Gasteiger partial charge < -0.3 is 10.0 Å². The highest BCUT2D eigenvalue weighted by Gasteiger charge is 2.09. The normalized spacial score (nSPS) is 9.86. The van der Waals surface area contributed by atoms with Crippen molar-refractivity contribution >= 4 is 47.4 Å². The maximum absolute atomic E-state index is 8.65. The molecule has 0 bridgehead atoms. The summed E-state index contributed by atoms with van der Waals surface area (Å²) in [6.45, 7) is 3.96. The first kappa shape index (κ1) is 18.3. The van der Waals surface area contributed by atoms with Crippen LogP contribution in [-0.2, 0) is 6.42 Å². The van der Waals surface area contributed by atoms with Gasteiger partial charge in [0.1, 0.15) is 5.15 Å². The van der Waals surface area contributed by atoms with E-state index in [9.17, 15) is 0 Å². The predicted molar refractivity (Wildman–Crippen MR) is 89.6 cm³/mol. The summed E-state index contributed by atoms with van der Waals surface area (Å²) in [6.07, 6.45) is 0.898. The lowest BCUT2D eigenvalue weighted by Crippen LogP contribution is -2.29. The van der Waals surface area contributed by atoms with Crippen molar-refractivity contribution in [1.29, 1.82) is 0 Å².